The third-order valence-electron chi connectivity index (χ3n) is 5.00. The van der Waals surface area contributed by atoms with E-state index in [1.54, 1.807) is 0 Å². The lowest BCUT2D eigenvalue weighted by molar-refractivity contribution is -0.134. The highest BCUT2D eigenvalue weighted by molar-refractivity contribution is 5.83. The van der Waals surface area contributed by atoms with Gasteiger partial charge in [0.25, 0.3) is 0 Å². The molecule has 1 aromatic carbocycles. The highest BCUT2D eigenvalue weighted by atomic mass is 16.2. The summed E-state index contributed by atoms with van der Waals surface area (Å²) < 4.78 is 1.81. The van der Waals surface area contributed by atoms with Crippen LogP contribution in [0.2, 0.25) is 0 Å². The number of aryl methyl sites for hydroxylation is 1. The summed E-state index contributed by atoms with van der Waals surface area (Å²) in [5, 5.41) is 12.0. The molecule has 0 radical (unpaired) electrons. The standard InChI is InChI=1S/C17H21N5O/c23-17(14-9-4-5-12-22-16(14)18-19-20-22)21-11-6-10-15(21)13-7-2-1-3-8-13/h1-3,7-8,14-15H,4-6,9-12H2/t14-,15+/m1/s1. The summed E-state index contributed by atoms with van der Waals surface area (Å²) in [7, 11) is 0. The number of benzene rings is 1. The van der Waals surface area contributed by atoms with Gasteiger partial charge in [-0.2, -0.15) is 0 Å². The summed E-state index contributed by atoms with van der Waals surface area (Å²) >= 11 is 0. The first-order valence-electron chi connectivity index (χ1n) is 8.46. The molecule has 0 bridgehead atoms. The van der Waals surface area contributed by atoms with Crippen LogP contribution in [0, 0.1) is 0 Å². The molecule has 0 unspecified atom stereocenters. The zero-order chi connectivity index (χ0) is 15.6. The summed E-state index contributed by atoms with van der Waals surface area (Å²) in [6.45, 7) is 1.64. The molecule has 23 heavy (non-hydrogen) atoms. The molecular formula is C17H21N5O. The molecule has 120 valence electrons. The van der Waals surface area contributed by atoms with Gasteiger partial charge in [0.15, 0.2) is 5.82 Å². The van der Waals surface area contributed by atoms with E-state index in [9.17, 15) is 4.79 Å². The van der Waals surface area contributed by atoms with Crippen LogP contribution >= 0.6 is 0 Å². The molecule has 1 saturated heterocycles. The summed E-state index contributed by atoms with van der Waals surface area (Å²) in [4.78, 5) is 15.3. The average molecular weight is 311 g/mol. The van der Waals surface area contributed by atoms with Crippen LogP contribution in [0.5, 0.6) is 0 Å². The highest BCUT2D eigenvalue weighted by Crippen LogP contribution is 2.36. The van der Waals surface area contributed by atoms with E-state index in [2.05, 4.69) is 27.7 Å². The van der Waals surface area contributed by atoms with Crippen molar-refractivity contribution in [2.45, 2.75) is 50.6 Å². The van der Waals surface area contributed by atoms with E-state index in [0.29, 0.717) is 0 Å². The van der Waals surface area contributed by atoms with Gasteiger partial charge in [-0.05, 0) is 41.7 Å². The Morgan fingerprint density at radius 3 is 2.78 bits per heavy atom. The normalized spacial score (nSPS) is 24.3. The monoisotopic (exact) mass is 311 g/mol. The van der Waals surface area contributed by atoms with Crippen molar-refractivity contribution in [2.24, 2.45) is 0 Å². The number of nitrogens with zero attached hydrogens (tertiary/aromatic N) is 5. The third kappa shape index (κ3) is 2.62. The molecule has 6 nitrogen and oxygen atoms in total. The fourth-order valence-electron chi connectivity index (χ4n) is 3.85. The number of amides is 1. The minimum atomic E-state index is -0.197. The van der Waals surface area contributed by atoms with Gasteiger partial charge in [-0.15, -0.1) is 5.10 Å². The van der Waals surface area contributed by atoms with Crippen LogP contribution in [-0.2, 0) is 11.3 Å². The summed E-state index contributed by atoms with van der Waals surface area (Å²) in [6, 6.07) is 10.5. The van der Waals surface area contributed by atoms with E-state index in [0.717, 1.165) is 51.0 Å². The lowest BCUT2D eigenvalue weighted by Gasteiger charge is -2.28. The largest absolute Gasteiger partial charge is 0.335 e. The third-order valence-corrected chi connectivity index (χ3v) is 5.00. The van der Waals surface area contributed by atoms with Crippen LogP contribution in [0.15, 0.2) is 30.3 Å². The number of hydrogen-bond acceptors (Lipinski definition) is 4. The SMILES string of the molecule is O=C([C@@H]1CCCCn2nnnc21)N1CCC[C@H]1c1ccccc1. The maximum Gasteiger partial charge on any atom is 0.233 e. The molecule has 4 rings (SSSR count). The molecule has 2 aliphatic heterocycles. The maximum atomic E-state index is 13.2. The van der Waals surface area contributed by atoms with Crippen molar-refractivity contribution in [2.75, 3.05) is 6.54 Å². The van der Waals surface area contributed by atoms with Crippen molar-refractivity contribution in [1.29, 1.82) is 0 Å². The van der Waals surface area contributed by atoms with E-state index in [4.69, 9.17) is 0 Å². The molecule has 6 heteroatoms. The van der Waals surface area contributed by atoms with E-state index < -0.39 is 0 Å². The van der Waals surface area contributed by atoms with Gasteiger partial charge < -0.3 is 4.90 Å². The second-order valence-electron chi connectivity index (χ2n) is 6.41. The second kappa shape index (κ2) is 6.10. The number of aromatic nitrogens is 4. The fraction of sp³-hybridized carbons (Fsp3) is 0.529. The molecule has 2 aliphatic rings. The first-order chi connectivity index (χ1) is 11.3. The topological polar surface area (TPSA) is 63.9 Å². The van der Waals surface area contributed by atoms with Crippen molar-refractivity contribution in [3.63, 3.8) is 0 Å². The Balaban J connectivity index is 1.61. The van der Waals surface area contributed by atoms with E-state index in [1.807, 2.05) is 27.8 Å². The van der Waals surface area contributed by atoms with Crippen LogP contribution in [0.3, 0.4) is 0 Å². The van der Waals surface area contributed by atoms with Crippen LogP contribution in [0.25, 0.3) is 0 Å². The number of rotatable bonds is 2. The van der Waals surface area contributed by atoms with Crippen molar-refractivity contribution in [1.82, 2.24) is 25.1 Å². The number of carbonyl (C=O) groups excluding carboxylic acids is 1. The van der Waals surface area contributed by atoms with Gasteiger partial charge in [0.1, 0.15) is 0 Å². The van der Waals surface area contributed by atoms with E-state index in [1.165, 1.54) is 5.56 Å². The highest BCUT2D eigenvalue weighted by Gasteiger charge is 2.37. The van der Waals surface area contributed by atoms with Gasteiger partial charge in [0, 0.05) is 13.1 Å². The van der Waals surface area contributed by atoms with Gasteiger partial charge in [-0.1, -0.05) is 36.8 Å². The predicted octanol–water partition coefficient (Wildman–Crippen LogP) is 2.30. The van der Waals surface area contributed by atoms with Crippen LogP contribution in [-0.4, -0.2) is 37.6 Å². The minimum absolute atomic E-state index is 0.189. The summed E-state index contributed by atoms with van der Waals surface area (Å²) in [5.41, 5.74) is 1.23. The van der Waals surface area contributed by atoms with Crippen molar-refractivity contribution >= 4 is 5.91 Å². The van der Waals surface area contributed by atoms with Crippen molar-refractivity contribution in [3.8, 4) is 0 Å². The zero-order valence-corrected chi connectivity index (χ0v) is 13.1. The van der Waals surface area contributed by atoms with Crippen LogP contribution in [0.4, 0.5) is 0 Å². The van der Waals surface area contributed by atoms with E-state index in [-0.39, 0.29) is 17.9 Å². The first kappa shape index (κ1) is 14.4. The lowest BCUT2D eigenvalue weighted by Crippen LogP contribution is -2.35. The Morgan fingerprint density at radius 2 is 1.91 bits per heavy atom. The molecule has 0 aliphatic carbocycles. The predicted molar refractivity (Wildman–Crippen MR) is 84.5 cm³/mol. The Labute approximate surface area is 135 Å². The minimum Gasteiger partial charge on any atom is -0.335 e. The number of carbonyl (C=O) groups is 1. The number of hydrogen-bond donors (Lipinski definition) is 0. The molecule has 0 N–H and O–H groups in total. The van der Waals surface area contributed by atoms with Crippen molar-refractivity contribution in [3.05, 3.63) is 41.7 Å². The van der Waals surface area contributed by atoms with Crippen LogP contribution < -0.4 is 0 Å². The molecular weight excluding hydrogens is 290 g/mol. The van der Waals surface area contributed by atoms with Gasteiger partial charge >= 0.3 is 0 Å². The van der Waals surface area contributed by atoms with Crippen molar-refractivity contribution < 1.29 is 4.79 Å². The molecule has 1 aromatic heterocycles. The average Bonchev–Trinajstić information content (AvgIpc) is 3.21. The zero-order valence-electron chi connectivity index (χ0n) is 13.1. The Bertz CT molecular complexity index is 683. The molecule has 2 atom stereocenters. The van der Waals surface area contributed by atoms with Gasteiger partial charge in [0.2, 0.25) is 5.91 Å². The maximum absolute atomic E-state index is 13.2. The Kier molecular flexibility index (Phi) is 3.81. The van der Waals surface area contributed by atoms with Gasteiger partial charge in [0.05, 0.1) is 12.0 Å². The molecule has 0 spiro atoms. The molecule has 1 fully saturated rings. The van der Waals surface area contributed by atoms with Gasteiger partial charge in [-0.3, -0.25) is 4.79 Å². The second-order valence-corrected chi connectivity index (χ2v) is 6.41. The smallest absolute Gasteiger partial charge is 0.233 e. The molecule has 2 aromatic rings. The fourth-order valence-corrected chi connectivity index (χ4v) is 3.85. The van der Waals surface area contributed by atoms with E-state index >= 15 is 0 Å². The Hall–Kier alpha value is -2.24. The number of likely N-dealkylation sites (tertiary alicyclic amines) is 1. The molecule has 0 saturated carbocycles. The van der Waals surface area contributed by atoms with Crippen LogP contribution in [0.1, 0.15) is 55.5 Å². The summed E-state index contributed by atoms with van der Waals surface area (Å²) in [5.74, 6) is 0.734. The molecule has 1 amide bonds. The first-order valence-corrected chi connectivity index (χ1v) is 8.46. The number of tetrazole rings is 1. The number of fused-ring (bicyclic) bond motifs is 1. The lowest BCUT2D eigenvalue weighted by atomic mass is 9.98. The molecule has 3 heterocycles. The van der Waals surface area contributed by atoms with Gasteiger partial charge in [-0.25, -0.2) is 4.68 Å². The quantitative estimate of drug-likeness (QED) is 0.853. The summed E-state index contributed by atoms with van der Waals surface area (Å²) in [6.07, 6.45) is 5.00. The Morgan fingerprint density at radius 1 is 1.04 bits per heavy atom.